The average molecular weight is 430 g/mol. The van der Waals surface area contributed by atoms with Gasteiger partial charge in [0.2, 0.25) is 0 Å². The van der Waals surface area contributed by atoms with Gasteiger partial charge in [-0.15, -0.1) is 0 Å². The first-order valence-electron chi connectivity index (χ1n) is 8.39. The van der Waals surface area contributed by atoms with E-state index in [-0.39, 0.29) is 12.5 Å². The molecule has 0 bridgehead atoms. The summed E-state index contributed by atoms with van der Waals surface area (Å²) in [6.07, 6.45) is 0. The highest BCUT2D eigenvalue weighted by Crippen LogP contribution is 2.30. The molecular weight excluding hydrogens is 410 g/mol. The number of aryl methyl sites for hydroxylation is 2. The second-order valence-electron chi connectivity index (χ2n) is 6.21. The predicted molar refractivity (Wildman–Crippen MR) is 108 cm³/mol. The Balaban J connectivity index is 1.86. The lowest BCUT2D eigenvalue weighted by molar-refractivity contribution is 0.102. The van der Waals surface area contributed by atoms with Crippen LogP contribution in [0.1, 0.15) is 27.2 Å². The monoisotopic (exact) mass is 429 g/mol. The fourth-order valence-electron chi connectivity index (χ4n) is 2.99. The maximum absolute atomic E-state index is 12.7. The zero-order chi connectivity index (χ0) is 19.6. The number of hydrogen-bond acceptors (Lipinski definition) is 4. The third-order valence-electron chi connectivity index (χ3n) is 4.26. The van der Waals surface area contributed by atoms with E-state index in [1.165, 1.54) is 0 Å². The van der Waals surface area contributed by atoms with Crippen molar-refractivity contribution in [2.45, 2.75) is 20.5 Å². The molecule has 0 fully saturated rings. The molecule has 27 heavy (non-hydrogen) atoms. The zero-order valence-electron chi connectivity index (χ0n) is 15.3. The van der Waals surface area contributed by atoms with Crippen LogP contribution in [0.4, 0.5) is 5.69 Å². The Labute approximate surface area is 166 Å². The number of aliphatic hydroxyl groups is 1. The molecule has 0 saturated carbocycles. The molecule has 3 aromatic rings. The minimum Gasteiger partial charge on any atom is -0.496 e. The summed E-state index contributed by atoms with van der Waals surface area (Å²) in [6.45, 7) is 3.69. The fourth-order valence-corrected chi connectivity index (χ4v) is 3.57. The Morgan fingerprint density at radius 1 is 1.15 bits per heavy atom. The molecular formula is C21H20BrNO4. The summed E-state index contributed by atoms with van der Waals surface area (Å²) in [5.41, 5.74) is 3.87. The number of carbonyl (C=O) groups excluding carboxylic acids is 1. The van der Waals surface area contributed by atoms with E-state index >= 15 is 0 Å². The third kappa shape index (κ3) is 4.07. The molecule has 3 rings (SSSR count). The normalized spacial score (nSPS) is 10.7. The first-order valence-corrected chi connectivity index (χ1v) is 9.18. The minimum atomic E-state index is -0.246. The van der Waals surface area contributed by atoms with Crippen molar-refractivity contribution in [3.05, 3.63) is 69.4 Å². The van der Waals surface area contributed by atoms with Gasteiger partial charge in [-0.3, -0.25) is 4.79 Å². The molecule has 0 aliphatic carbocycles. The van der Waals surface area contributed by atoms with E-state index in [2.05, 4.69) is 21.2 Å². The number of hydrogen-bond donors (Lipinski definition) is 2. The average Bonchev–Trinajstić information content (AvgIpc) is 3.10. The SMILES string of the molecule is COc1c(C)cc(Br)cc1C(=O)Nc1ccc(-c2ccc(CO)o2)c(C)c1. The molecule has 2 N–H and O–H groups in total. The highest BCUT2D eigenvalue weighted by molar-refractivity contribution is 9.10. The molecule has 2 aromatic carbocycles. The highest BCUT2D eigenvalue weighted by atomic mass is 79.9. The number of rotatable bonds is 5. The van der Waals surface area contributed by atoms with Crippen LogP contribution in [0.25, 0.3) is 11.3 Å². The van der Waals surface area contributed by atoms with E-state index in [0.717, 1.165) is 21.2 Å². The van der Waals surface area contributed by atoms with Gasteiger partial charge in [0, 0.05) is 15.7 Å². The molecule has 5 nitrogen and oxygen atoms in total. The number of ether oxygens (including phenoxy) is 1. The van der Waals surface area contributed by atoms with Gasteiger partial charge in [0.25, 0.3) is 5.91 Å². The van der Waals surface area contributed by atoms with Crippen molar-refractivity contribution in [3.63, 3.8) is 0 Å². The van der Waals surface area contributed by atoms with Crippen LogP contribution in [0.3, 0.4) is 0 Å². The molecule has 0 spiro atoms. The maximum atomic E-state index is 12.7. The van der Waals surface area contributed by atoms with Crippen molar-refractivity contribution in [1.29, 1.82) is 0 Å². The van der Waals surface area contributed by atoms with Crippen LogP contribution in [0, 0.1) is 13.8 Å². The number of methoxy groups -OCH3 is 1. The van der Waals surface area contributed by atoms with Crippen molar-refractivity contribution in [1.82, 2.24) is 0 Å². The Morgan fingerprint density at radius 2 is 1.93 bits per heavy atom. The molecule has 140 valence electrons. The van der Waals surface area contributed by atoms with Crippen molar-refractivity contribution < 1.29 is 19.1 Å². The lowest BCUT2D eigenvalue weighted by atomic mass is 10.1. The van der Waals surface area contributed by atoms with Gasteiger partial charge in [-0.2, -0.15) is 0 Å². The third-order valence-corrected chi connectivity index (χ3v) is 4.71. The van der Waals surface area contributed by atoms with Crippen LogP contribution in [-0.4, -0.2) is 18.1 Å². The number of nitrogens with one attached hydrogen (secondary N) is 1. The van der Waals surface area contributed by atoms with E-state index < -0.39 is 0 Å². The molecule has 0 unspecified atom stereocenters. The van der Waals surface area contributed by atoms with Crippen molar-refractivity contribution in [2.24, 2.45) is 0 Å². The van der Waals surface area contributed by atoms with E-state index in [0.29, 0.717) is 28.5 Å². The Kier molecular flexibility index (Phi) is 5.68. The second-order valence-corrected chi connectivity index (χ2v) is 7.13. The number of aliphatic hydroxyl groups excluding tert-OH is 1. The summed E-state index contributed by atoms with van der Waals surface area (Å²) in [5.74, 6) is 1.50. The predicted octanol–water partition coefficient (Wildman–Crippen LogP) is 5.08. The molecule has 0 atom stereocenters. The smallest absolute Gasteiger partial charge is 0.259 e. The second kappa shape index (κ2) is 7.98. The van der Waals surface area contributed by atoms with Crippen molar-refractivity contribution in [2.75, 3.05) is 12.4 Å². The summed E-state index contributed by atoms with van der Waals surface area (Å²) in [7, 11) is 1.55. The van der Waals surface area contributed by atoms with Gasteiger partial charge in [0.05, 0.1) is 12.7 Å². The first-order chi connectivity index (χ1) is 12.9. The molecule has 1 aromatic heterocycles. The summed E-state index contributed by atoms with van der Waals surface area (Å²) >= 11 is 3.42. The fraction of sp³-hybridized carbons (Fsp3) is 0.190. The number of benzene rings is 2. The number of amides is 1. The standard InChI is InChI=1S/C21H20BrNO4/c1-12-9-15(4-6-17(12)19-7-5-16(11-24)27-19)23-21(25)18-10-14(22)8-13(2)20(18)26-3/h4-10,24H,11H2,1-3H3,(H,23,25). The Hall–Kier alpha value is -2.57. The van der Waals surface area contributed by atoms with Crippen LogP contribution in [0.15, 0.2) is 51.4 Å². The van der Waals surface area contributed by atoms with E-state index in [1.54, 1.807) is 19.2 Å². The quantitative estimate of drug-likeness (QED) is 0.592. The highest BCUT2D eigenvalue weighted by Gasteiger charge is 2.16. The summed E-state index contributed by atoms with van der Waals surface area (Å²) in [6, 6.07) is 12.8. The maximum Gasteiger partial charge on any atom is 0.259 e. The molecule has 0 saturated heterocycles. The van der Waals surface area contributed by atoms with Gasteiger partial charge in [0.15, 0.2) is 0 Å². The van der Waals surface area contributed by atoms with Crippen LogP contribution in [0.2, 0.25) is 0 Å². The molecule has 0 aliphatic rings. The number of anilines is 1. The van der Waals surface area contributed by atoms with E-state index in [4.69, 9.17) is 14.3 Å². The van der Waals surface area contributed by atoms with Crippen LogP contribution >= 0.6 is 15.9 Å². The molecule has 6 heteroatoms. The topological polar surface area (TPSA) is 71.7 Å². The first kappa shape index (κ1) is 19.2. The largest absolute Gasteiger partial charge is 0.496 e. The molecule has 0 aliphatic heterocycles. The van der Waals surface area contributed by atoms with Gasteiger partial charge in [-0.1, -0.05) is 15.9 Å². The van der Waals surface area contributed by atoms with E-state index in [9.17, 15) is 4.79 Å². The lowest BCUT2D eigenvalue weighted by Gasteiger charge is -2.13. The summed E-state index contributed by atoms with van der Waals surface area (Å²) in [4.78, 5) is 12.7. The summed E-state index contributed by atoms with van der Waals surface area (Å²) < 4.78 is 11.8. The zero-order valence-corrected chi connectivity index (χ0v) is 16.9. The summed E-state index contributed by atoms with van der Waals surface area (Å²) in [5, 5.41) is 12.1. The minimum absolute atomic E-state index is 0.138. The number of carbonyl (C=O) groups is 1. The van der Waals surface area contributed by atoms with Crippen LogP contribution < -0.4 is 10.1 Å². The van der Waals surface area contributed by atoms with Gasteiger partial charge in [0.1, 0.15) is 23.9 Å². The Bertz CT molecular complexity index is 994. The van der Waals surface area contributed by atoms with E-state index in [1.807, 2.05) is 44.2 Å². The van der Waals surface area contributed by atoms with Gasteiger partial charge >= 0.3 is 0 Å². The molecule has 1 amide bonds. The van der Waals surface area contributed by atoms with Gasteiger partial charge in [-0.25, -0.2) is 0 Å². The van der Waals surface area contributed by atoms with Crippen molar-refractivity contribution in [3.8, 4) is 17.1 Å². The molecule has 0 radical (unpaired) electrons. The van der Waals surface area contributed by atoms with Crippen LogP contribution in [0.5, 0.6) is 5.75 Å². The molecule has 1 heterocycles. The lowest BCUT2D eigenvalue weighted by Crippen LogP contribution is -2.14. The van der Waals surface area contributed by atoms with Crippen molar-refractivity contribution >= 4 is 27.5 Å². The van der Waals surface area contributed by atoms with Gasteiger partial charge in [-0.05, 0) is 67.4 Å². The Morgan fingerprint density at radius 3 is 2.56 bits per heavy atom. The number of halogens is 1. The van der Waals surface area contributed by atoms with Crippen LogP contribution in [-0.2, 0) is 6.61 Å². The number of furan rings is 1. The van der Waals surface area contributed by atoms with Gasteiger partial charge < -0.3 is 19.6 Å².